The number of aryl methyl sites for hydroxylation is 1. The van der Waals surface area contributed by atoms with Crippen molar-refractivity contribution in [2.45, 2.75) is 49.1 Å². The predicted octanol–water partition coefficient (Wildman–Crippen LogP) is 6.06. The number of hydrogen-bond donors (Lipinski definition) is 1. The summed E-state index contributed by atoms with van der Waals surface area (Å²) < 4.78 is 34.8. The first-order chi connectivity index (χ1) is 16.8. The Morgan fingerprint density at radius 3 is 2.60 bits per heavy atom. The van der Waals surface area contributed by atoms with Crippen LogP contribution in [-0.2, 0) is 17.7 Å². The van der Waals surface area contributed by atoms with Crippen LogP contribution in [0, 0.1) is 11.6 Å². The standard InChI is InChI=1S/C26H26F2N4O2S/c1-16(2)24-25(35-21-12-19(27)11-20(28)13-21)32(23(31-24)8-5-9-34-26(29)33)15-17-10-18-6-3-4-7-22(18)30-14-17/h3-4,6-7,10-14,16H,5,8-9,15H2,1-2H3,(H2,29,33). The molecule has 0 fully saturated rings. The highest BCUT2D eigenvalue weighted by Gasteiger charge is 2.21. The third kappa shape index (κ3) is 6.16. The molecule has 0 radical (unpaired) electrons. The van der Waals surface area contributed by atoms with E-state index in [0.29, 0.717) is 24.3 Å². The van der Waals surface area contributed by atoms with Gasteiger partial charge in [-0.05, 0) is 42.2 Å². The number of carbonyl (C=O) groups is 1. The molecule has 0 spiro atoms. The molecule has 2 aromatic carbocycles. The number of fused-ring (bicyclic) bond motifs is 1. The second kappa shape index (κ2) is 10.9. The van der Waals surface area contributed by atoms with Gasteiger partial charge < -0.3 is 15.0 Å². The molecule has 9 heteroatoms. The molecule has 182 valence electrons. The van der Waals surface area contributed by atoms with Gasteiger partial charge in [-0.15, -0.1) is 0 Å². The normalized spacial score (nSPS) is 11.3. The molecule has 4 rings (SSSR count). The fraction of sp³-hybridized carbons (Fsp3) is 0.269. The summed E-state index contributed by atoms with van der Waals surface area (Å²) in [7, 11) is 0. The zero-order chi connectivity index (χ0) is 24.9. The Bertz CT molecular complexity index is 1340. The van der Waals surface area contributed by atoms with Crippen molar-refractivity contribution in [3.8, 4) is 0 Å². The van der Waals surface area contributed by atoms with Crippen molar-refractivity contribution in [1.82, 2.24) is 14.5 Å². The highest BCUT2D eigenvalue weighted by atomic mass is 32.2. The number of primary amides is 1. The zero-order valence-corrected chi connectivity index (χ0v) is 20.3. The quantitative estimate of drug-likeness (QED) is 0.285. The lowest BCUT2D eigenvalue weighted by Gasteiger charge is -2.14. The first kappa shape index (κ1) is 24.7. The number of aromatic nitrogens is 3. The molecule has 0 unspecified atom stereocenters. The van der Waals surface area contributed by atoms with Crippen molar-refractivity contribution in [3.05, 3.63) is 83.4 Å². The van der Waals surface area contributed by atoms with E-state index in [9.17, 15) is 13.6 Å². The minimum atomic E-state index is -0.817. The summed E-state index contributed by atoms with van der Waals surface area (Å²) in [4.78, 5) is 20.8. The number of imidazole rings is 1. The number of amides is 1. The van der Waals surface area contributed by atoms with Crippen molar-refractivity contribution in [3.63, 3.8) is 0 Å². The minimum absolute atomic E-state index is 0.0764. The van der Waals surface area contributed by atoms with E-state index in [-0.39, 0.29) is 12.5 Å². The number of pyridine rings is 1. The maximum Gasteiger partial charge on any atom is 0.404 e. The lowest BCUT2D eigenvalue weighted by Crippen LogP contribution is -2.14. The molecule has 2 N–H and O–H groups in total. The van der Waals surface area contributed by atoms with Gasteiger partial charge in [-0.3, -0.25) is 4.98 Å². The Labute approximate surface area is 206 Å². The van der Waals surface area contributed by atoms with E-state index in [4.69, 9.17) is 15.5 Å². The number of nitrogens with two attached hydrogens (primary N) is 1. The second-order valence-corrected chi connectivity index (χ2v) is 9.54. The van der Waals surface area contributed by atoms with Gasteiger partial charge in [-0.1, -0.05) is 43.8 Å². The number of nitrogens with zero attached hydrogens (tertiary/aromatic N) is 3. The Morgan fingerprint density at radius 2 is 1.89 bits per heavy atom. The smallest absolute Gasteiger partial charge is 0.404 e. The van der Waals surface area contributed by atoms with Crippen LogP contribution in [0.25, 0.3) is 10.9 Å². The minimum Gasteiger partial charge on any atom is -0.450 e. The lowest BCUT2D eigenvalue weighted by atomic mass is 10.1. The molecule has 2 aromatic heterocycles. The molecule has 1 amide bonds. The number of hydrogen-bond acceptors (Lipinski definition) is 5. The van der Waals surface area contributed by atoms with E-state index in [1.807, 2.05) is 44.3 Å². The van der Waals surface area contributed by atoms with Crippen LogP contribution in [0.1, 0.15) is 43.3 Å². The first-order valence-electron chi connectivity index (χ1n) is 11.3. The average Bonchev–Trinajstić information content (AvgIpc) is 3.13. The number of para-hydroxylation sites is 1. The lowest BCUT2D eigenvalue weighted by molar-refractivity contribution is 0.155. The third-order valence-electron chi connectivity index (χ3n) is 5.40. The fourth-order valence-electron chi connectivity index (χ4n) is 3.83. The molecule has 0 atom stereocenters. The van der Waals surface area contributed by atoms with Crippen LogP contribution in [0.3, 0.4) is 0 Å². The van der Waals surface area contributed by atoms with Crippen molar-refractivity contribution < 1.29 is 18.3 Å². The fourth-order valence-corrected chi connectivity index (χ4v) is 5.06. The topological polar surface area (TPSA) is 83.0 Å². The van der Waals surface area contributed by atoms with Gasteiger partial charge in [0.15, 0.2) is 0 Å². The van der Waals surface area contributed by atoms with E-state index in [0.717, 1.165) is 39.1 Å². The van der Waals surface area contributed by atoms with Gasteiger partial charge in [0, 0.05) is 29.0 Å². The van der Waals surface area contributed by atoms with Gasteiger partial charge >= 0.3 is 6.09 Å². The molecular formula is C26H26F2N4O2S. The van der Waals surface area contributed by atoms with Crippen LogP contribution in [0.4, 0.5) is 13.6 Å². The van der Waals surface area contributed by atoms with Crippen molar-refractivity contribution >= 4 is 28.8 Å². The third-order valence-corrected chi connectivity index (χ3v) is 6.49. The Morgan fingerprint density at radius 1 is 1.14 bits per heavy atom. The summed E-state index contributed by atoms with van der Waals surface area (Å²) >= 11 is 1.28. The summed E-state index contributed by atoms with van der Waals surface area (Å²) in [6.07, 6.45) is 2.08. The van der Waals surface area contributed by atoms with E-state index < -0.39 is 17.7 Å². The van der Waals surface area contributed by atoms with E-state index in [2.05, 4.69) is 15.6 Å². The number of benzene rings is 2. The summed E-state index contributed by atoms with van der Waals surface area (Å²) in [6.45, 7) is 4.71. The molecule has 0 saturated carbocycles. The summed E-state index contributed by atoms with van der Waals surface area (Å²) in [5.74, 6) is -0.402. The van der Waals surface area contributed by atoms with Crippen LogP contribution in [0.15, 0.2) is 64.6 Å². The average molecular weight is 497 g/mol. The molecule has 0 aliphatic rings. The van der Waals surface area contributed by atoms with Crippen molar-refractivity contribution in [2.75, 3.05) is 6.61 Å². The highest BCUT2D eigenvalue weighted by molar-refractivity contribution is 7.99. The van der Waals surface area contributed by atoms with Crippen molar-refractivity contribution in [1.29, 1.82) is 0 Å². The van der Waals surface area contributed by atoms with E-state index in [1.165, 1.54) is 23.9 Å². The summed E-state index contributed by atoms with van der Waals surface area (Å²) in [6, 6.07) is 13.4. The molecule has 0 aliphatic carbocycles. The van der Waals surface area contributed by atoms with E-state index in [1.54, 1.807) is 0 Å². The largest absolute Gasteiger partial charge is 0.450 e. The first-order valence-corrected chi connectivity index (χ1v) is 12.1. The van der Waals surface area contributed by atoms with Crippen LogP contribution >= 0.6 is 11.8 Å². The number of halogens is 2. The Hall–Kier alpha value is -3.46. The maximum atomic E-state index is 13.9. The van der Waals surface area contributed by atoms with Crippen LogP contribution < -0.4 is 5.73 Å². The molecule has 0 saturated heterocycles. The van der Waals surface area contributed by atoms with Gasteiger partial charge in [0.05, 0.1) is 24.4 Å². The SMILES string of the molecule is CC(C)c1nc(CCCOC(N)=O)n(Cc2cnc3ccccc3c2)c1Sc1cc(F)cc(F)c1. The predicted molar refractivity (Wildman–Crippen MR) is 131 cm³/mol. The van der Waals surface area contributed by atoms with Crippen LogP contribution in [0.2, 0.25) is 0 Å². The number of rotatable bonds is 9. The van der Waals surface area contributed by atoms with Gasteiger partial charge in [0.25, 0.3) is 0 Å². The highest BCUT2D eigenvalue weighted by Crippen LogP contribution is 2.36. The Kier molecular flexibility index (Phi) is 7.65. The molecule has 6 nitrogen and oxygen atoms in total. The van der Waals surface area contributed by atoms with E-state index >= 15 is 0 Å². The molecule has 2 heterocycles. The monoisotopic (exact) mass is 496 g/mol. The van der Waals surface area contributed by atoms with Gasteiger partial charge in [-0.2, -0.15) is 0 Å². The van der Waals surface area contributed by atoms with Crippen LogP contribution in [-0.4, -0.2) is 27.2 Å². The number of ether oxygens (including phenoxy) is 1. The van der Waals surface area contributed by atoms with Crippen LogP contribution in [0.5, 0.6) is 0 Å². The second-order valence-electron chi connectivity index (χ2n) is 8.47. The van der Waals surface area contributed by atoms with Gasteiger partial charge in [-0.25, -0.2) is 18.6 Å². The molecule has 4 aromatic rings. The Balaban J connectivity index is 1.74. The molecule has 0 aliphatic heterocycles. The molecule has 0 bridgehead atoms. The molecule has 35 heavy (non-hydrogen) atoms. The maximum absolute atomic E-state index is 13.9. The van der Waals surface area contributed by atoms with Gasteiger partial charge in [0.2, 0.25) is 0 Å². The number of carbonyl (C=O) groups excluding carboxylic acids is 1. The summed E-state index contributed by atoms with van der Waals surface area (Å²) in [5, 5.41) is 1.83. The summed E-state index contributed by atoms with van der Waals surface area (Å²) in [5.41, 5.74) is 7.78. The molecular weight excluding hydrogens is 470 g/mol. The van der Waals surface area contributed by atoms with Crippen molar-refractivity contribution in [2.24, 2.45) is 5.73 Å². The van der Waals surface area contributed by atoms with Gasteiger partial charge in [0.1, 0.15) is 22.5 Å². The zero-order valence-electron chi connectivity index (χ0n) is 19.5.